The summed E-state index contributed by atoms with van der Waals surface area (Å²) < 4.78 is 6.93. The van der Waals surface area contributed by atoms with Crippen molar-refractivity contribution in [3.8, 4) is 5.75 Å². The Morgan fingerprint density at radius 2 is 2.00 bits per heavy atom. The van der Waals surface area contributed by atoms with Crippen LogP contribution in [0.4, 0.5) is 0 Å². The second-order valence-corrected chi connectivity index (χ2v) is 6.17. The molecule has 3 heteroatoms. The van der Waals surface area contributed by atoms with Gasteiger partial charge in [0.15, 0.2) is 0 Å². The molecule has 0 bridgehead atoms. The lowest BCUT2D eigenvalue weighted by Crippen LogP contribution is -2.37. The smallest absolute Gasteiger partial charge is 0.119 e. The van der Waals surface area contributed by atoms with Crippen molar-refractivity contribution in [1.29, 1.82) is 0 Å². The first-order valence-electron chi connectivity index (χ1n) is 7.42. The molecule has 0 amide bonds. The fourth-order valence-corrected chi connectivity index (χ4v) is 3.07. The first kappa shape index (κ1) is 14.9. The Morgan fingerprint density at radius 1 is 1.21 bits per heavy atom. The normalized spacial score (nSPS) is 21.1. The Kier molecular flexibility index (Phi) is 6.18. The van der Waals surface area contributed by atoms with E-state index in [1.165, 1.54) is 38.6 Å². The van der Waals surface area contributed by atoms with Crippen molar-refractivity contribution in [2.24, 2.45) is 0 Å². The largest absolute Gasteiger partial charge is 0.492 e. The molecule has 0 aromatic heterocycles. The van der Waals surface area contributed by atoms with E-state index in [4.69, 9.17) is 4.74 Å². The van der Waals surface area contributed by atoms with E-state index < -0.39 is 0 Å². The predicted molar refractivity (Wildman–Crippen MR) is 83.8 cm³/mol. The first-order valence-corrected chi connectivity index (χ1v) is 8.21. The van der Waals surface area contributed by atoms with E-state index in [0.29, 0.717) is 0 Å². The van der Waals surface area contributed by atoms with E-state index in [-0.39, 0.29) is 0 Å². The van der Waals surface area contributed by atoms with Crippen LogP contribution in [-0.2, 0) is 0 Å². The maximum atomic E-state index is 5.83. The zero-order valence-corrected chi connectivity index (χ0v) is 13.4. The second-order valence-electron chi connectivity index (χ2n) is 5.25. The maximum Gasteiger partial charge on any atom is 0.119 e. The third-order valence-electron chi connectivity index (χ3n) is 3.93. The van der Waals surface area contributed by atoms with Crippen LogP contribution in [0, 0.1) is 0 Å². The van der Waals surface area contributed by atoms with Gasteiger partial charge in [-0.15, -0.1) is 0 Å². The van der Waals surface area contributed by atoms with E-state index in [1.807, 2.05) is 24.3 Å². The van der Waals surface area contributed by atoms with Gasteiger partial charge in [-0.2, -0.15) is 0 Å². The van der Waals surface area contributed by atoms with Gasteiger partial charge in [0.25, 0.3) is 0 Å². The van der Waals surface area contributed by atoms with E-state index in [9.17, 15) is 0 Å². The fourth-order valence-electron chi connectivity index (χ4n) is 2.81. The van der Waals surface area contributed by atoms with Gasteiger partial charge < -0.3 is 4.74 Å². The van der Waals surface area contributed by atoms with Gasteiger partial charge in [0.2, 0.25) is 0 Å². The van der Waals surface area contributed by atoms with Crippen LogP contribution in [0.1, 0.15) is 39.0 Å². The van der Waals surface area contributed by atoms with Crippen LogP contribution in [0.5, 0.6) is 5.75 Å². The van der Waals surface area contributed by atoms with Crippen LogP contribution >= 0.6 is 15.9 Å². The van der Waals surface area contributed by atoms with Gasteiger partial charge in [-0.3, -0.25) is 4.90 Å². The van der Waals surface area contributed by atoms with E-state index in [1.54, 1.807) is 0 Å². The van der Waals surface area contributed by atoms with Crippen molar-refractivity contribution in [3.05, 3.63) is 28.7 Å². The molecule has 0 aliphatic carbocycles. The van der Waals surface area contributed by atoms with E-state index in [0.717, 1.165) is 29.4 Å². The van der Waals surface area contributed by atoms with Crippen LogP contribution in [0.25, 0.3) is 0 Å². The van der Waals surface area contributed by atoms with Crippen molar-refractivity contribution >= 4 is 15.9 Å². The highest BCUT2D eigenvalue weighted by Gasteiger charge is 2.18. The molecule has 1 fully saturated rings. The number of halogens is 1. The number of rotatable bonds is 5. The Bertz CT molecular complexity index is 366. The summed E-state index contributed by atoms with van der Waals surface area (Å²) in [5.41, 5.74) is 0. The molecule has 1 aliphatic heterocycles. The van der Waals surface area contributed by atoms with Crippen LogP contribution in [-0.4, -0.2) is 30.6 Å². The maximum absolute atomic E-state index is 5.83. The van der Waals surface area contributed by atoms with Crippen molar-refractivity contribution in [2.45, 2.75) is 45.1 Å². The van der Waals surface area contributed by atoms with Gasteiger partial charge in [0, 0.05) is 17.1 Å². The quantitative estimate of drug-likeness (QED) is 0.791. The SMILES string of the molecule is CCC1CCCCCN1CCOc1ccc(Br)cc1. The molecule has 1 aromatic rings. The molecule has 0 N–H and O–H groups in total. The lowest BCUT2D eigenvalue weighted by Gasteiger charge is -2.28. The molecule has 1 heterocycles. The standard InChI is InChI=1S/C16H24BrNO/c1-2-15-6-4-3-5-11-18(15)12-13-19-16-9-7-14(17)8-10-16/h7-10,15H,2-6,11-13H2,1H3. The molecule has 0 saturated carbocycles. The van der Waals surface area contributed by atoms with Crippen LogP contribution in [0.3, 0.4) is 0 Å². The third-order valence-corrected chi connectivity index (χ3v) is 4.46. The molecule has 0 radical (unpaired) electrons. The molecule has 2 nitrogen and oxygen atoms in total. The minimum atomic E-state index is 0.760. The van der Waals surface area contributed by atoms with E-state index >= 15 is 0 Å². The Morgan fingerprint density at radius 3 is 2.74 bits per heavy atom. The lowest BCUT2D eigenvalue weighted by atomic mass is 10.1. The first-order chi connectivity index (χ1) is 9.29. The van der Waals surface area contributed by atoms with Crippen molar-refractivity contribution in [1.82, 2.24) is 4.90 Å². The van der Waals surface area contributed by atoms with Crippen LogP contribution in [0.15, 0.2) is 28.7 Å². The zero-order chi connectivity index (χ0) is 13.5. The van der Waals surface area contributed by atoms with Gasteiger partial charge in [0.1, 0.15) is 12.4 Å². The minimum absolute atomic E-state index is 0.760. The van der Waals surface area contributed by atoms with Crippen LogP contribution < -0.4 is 4.74 Å². The minimum Gasteiger partial charge on any atom is -0.492 e. The summed E-state index contributed by atoms with van der Waals surface area (Å²) in [5.74, 6) is 0.964. The second kappa shape index (κ2) is 7.91. The van der Waals surface area contributed by atoms with Gasteiger partial charge >= 0.3 is 0 Å². The zero-order valence-electron chi connectivity index (χ0n) is 11.8. The van der Waals surface area contributed by atoms with Gasteiger partial charge in [-0.1, -0.05) is 35.7 Å². The molecule has 1 unspecified atom stereocenters. The highest BCUT2D eigenvalue weighted by molar-refractivity contribution is 9.10. The summed E-state index contributed by atoms with van der Waals surface area (Å²) in [6.45, 7) is 5.38. The molecule has 19 heavy (non-hydrogen) atoms. The lowest BCUT2D eigenvalue weighted by molar-refractivity contribution is 0.158. The number of hydrogen-bond acceptors (Lipinski definition) is 2. The summed E-state index contributed by atoms with van der Waals surface area (Å²) in [7, 11) is 0. The summed E-state index contributed by atoms with van der Waals surface area (Å²) >= 11 is 3.44. The van der Waals surface area contributed by atoms with Crippen molar-refractivity contribution in [3.63, 3.8) is 0 Å². The Balaban J connectivity index is 1.78. The molecular weight excluding hydrogens is 302 g/mol. The highest BCUT2D eigenvalue weighted by Crippen LogP contribution is 2.19. The fraction of sp³-hybridized carbons (Fsp3) is 0.625. The molecule has 1 saturated heterocycles. The van der Waals surface area contributed by atoms with Crippen molar-refractivity contribution in [2.75, 3.05) is 19.7 Å². The number of likely N-dealkylation sites (tertiary alicyclic amines) is 1. The summed E-state index contributed by atoms with van der Waals surface area (Å²) in [6.07, 6.45) is 6.74. The number of nitrogens with zero attached hydrogens (tertiary/aromatic N) is 1. The van der Waals surface area contributed by atoms with Gasteiger partial charge in [-0.05, 0) is 50.1 Å². The molecule has 2 rings (SSSR count). The molecule has 1 atom stereocenters. The summed E-state index contributed by atoms with van der Waals surface area (Å²) in [4.78, 5) is 2.62. The third kappa shape index (κ3) is 4.81. The van der Waals surface area contributed by atoms with Gasteiger partial charge in [0.05, 0.1) is 0 Å². The average molecular weight is 326 g/mol. The average Bonchev–Trinajstić information content (AvgIpc) is 2.66. The molecule has 0 spiro atoms. The number of ether oxygens (including phenoxy) is 1. The number of benzene rings is 1. The highest BCUT2D eigenvalue weighted by atomic mass is 79.9. The number of hydrogen-bond donors (Lipinski definition) is 0. The Labute approximate surface area is 125 Å². The summed E-state index contributed by atoms with van der Waals surface area (Å²) in [5, 5.41) is 0. The summed E-state index contributed by atoms with van der Waals surface area (Å²) in [6, 6.07) is 8.84. The molecular formula is C16H24BrNO. The Hall–Kier alpha value is -0.540. The van der Waals surface area contributed by atoms with Crippen molar-refractivity contribution < 1.29 is 4.74 Å². The monoisotopic (exact) mass is 325 g/mol. The van der Waals surface area contributed by atoms with Crippen LogP contribution in [0.2, 0.25) is 0 Å². The van der Waals surface area contributed by atoms with E-state index in [2.05, 4.69) is 27.8 Å². The predicted octanol–water partition coefficient (Wildman–Crippen LogP) is 4.48. The topological polar surface area (TPSA) is 12.5 Å². The molecule has 1 aromatic carbocycles. The van der Waals surface area contributed by atoms with Gasteiger partial charge in [-0.25, -0.2) is 0 Å². The molecule has 1 aliphatic rings. The molecule has 106 valence electrons.